The van der Waals surface area contributed by atoms with Crippen molar-refractivity contribution in [1.82, 2.24) is 4.90 Å². The van der Waals surface area contributed by atoms with E-state index in [2.05, 4.69) is 4.90 Å². The topological polar surface area (TPSA) is 12.5 Å². The lowest BCUT2D eigenvalue weighted by Gasteiger charge is -2.47. The van der Waals surface area contributed by atoms with Crippen molar-refractivity contribution in [3.05, 3.63) is 0 Å². The SMILES string of the molecule is CC(C)OCC12CCN1C[C@@H](F)C2. The van der Waals surface area contributed by atoms with Crippen LogP contribution in [0.2, 0.25) is 0 Å². The molecule has 2 rings (SSSR count). The highest BCUT2D eigenvalue weighted by molar-refractivity contribution is 5.07. The average Bonchev–Trinajstić information content (AvgIpc) is 2.25. The van der Waals surface area contributed by atoms with Gasteiger partial charge in [-0.3, -0.25) is 4.90 Å². The van der Waals surface area contributed by atoms with Gasteiger partial charge in [-0.25, -0.2) is 4.39 Å². The zero-order valence-corrected chi connectivity index (χ0v) is 8.42. The average molecular weight is 187 g/mol. The summed E-state index contributed by atoms with van der Waals surface area (Å²) in [4.78, 5) is 2.24. The van der Waals surface area contributed by atoms with E-state index in [9.17, 15) is 4.39 Å². The molecule has 0 aromatic rings. The van der Waals surface area contributed by atoms with Crippen LogP contribution in [-0.4, -0.2) is 42.4 Å². The van der Waals surface area contributed by atoms with E-state index in [0.29, 0.717) is 19.6 Å². The molecule has 76 valence electrons. The summed E-state index contributed by atoms with van der Waals surface area (Å²) in [7, 11) is 0. The van der Waals surface area contributed by atoms with E-state index in [-0.39, 0.29) is 11.6 Å². The van der Waals surface area contributed by atoms with Gasteiger partial charge in [0.2, 0.25) is 0 Å². The number of ether oxygens (including phenoxy) is 1. The molecule has 13 heavy (non-hydrogen) atoms. The number of hydrogen-bond acceptors (Lipinski definition) is 2. The number of fused-ring (bicyclic) bond motifs is 1. The molecule has 2 heterocycles. The van der Waals surface area contributed by atoms with Gasteiger partial charge in [-0.05, 0) is 20.3 Å². The van der Waals surface area contributed by atoms with Crippen molar-refractivity contribution in [2.75, 3.05) is 19.7 Å². The van der Waals surface area contributed by atoms with E-state index in [1.54, 1.807) is 0 Å². The highest BCUT2D eigenvalue weighted by Gasteiger charge is 2.52. The molecule has 0 amide bonds. The van der Waals surface area contributed by atoms with Gasteiger partial charge in [0.25, 0.3) is 0 Å². The number of hydrogen-bond donors (Lipinski definition) is 0. The molecule has 1 unspecified atom stereocenters. The molecule has 2 atom stereocenters. The molecule has 0 saturated carbocycles. The van der Waals surface area contributed by atoms with Crippen LogP contribution in [0.3, 0.4) is 0 Å². The van der Waals surface area contributed by atoms with Crippen LogP contribution in [0.1, 0.15) is 26.7 Å². The van der Waals surface area contributed by atoms with Crippen LogP contribution in [0, 0.1) is 0 Å². The Morgan fingerprint density at radius 3 is 2.85 bits per heavy atom. The van der Waals surface area contributed by atoms with Crippen LogP contribution in [0.4, 0.5) is 4.39 Å². The van der Waals surface area contributed by atoms with Crippen LogP contribution in [-0.2, 0) is 4.74 Å². The smallest absolute Gasteiger partial charge is 0.115 e. The van der Waals surface area contributed by atoms with Gasteiger partial charge in [-0.2, -0.15) is 0 Å². The fourth-order valence-electron chi connectivity index (χ4n) is 2.36. The molecule has 0 spiro atoms. The second-order valence-electron chi connectivity index (χ2n) is 4.58. The third kappa shape index (κ3) is 1.59. The summed E-state index contributed by atoms with van der Waals surface area (Å²) < 4.78 is 18.7. The van der Waals surface area contributed by atoms with Crippen molar-refractivity contribution in [2.24, 2.45) is 0 Å². The predicted octanol–water partition coefficient (Wildman–Crippen LogP) is 1.60. The molecular weight excluding hydrogens is 169 g/mol. The van der Waals surface area contributed by atoms with E-state index in [0.717, 1.165) is 13.0 Å². The molecule has 3 heteroatoms. The van der Waals surface area contributed by atoms with Crippen molar-refractivity contribution in [3.8, 4) is 0 Å². The molecule has 0 N–H and O–H groups in total. The van der Waals surface area contributed by atoms with Gasteiger partial charge in [0, 0.05) is 25.0 Å². The fourth-order valence-corrected chi connectivity index (χ4v) is 2.36. The molecule has 2 aliphatic rings. The van der Waals surface area contributed by atoms with Crippen molar-refractivity contribution in [1.29, 1.82) is 0 Å². The zero-order valence-electron chi connectivity index (χ0n) is 8.42. The molecule has 2 fully saturated rings. The molecule has 0 aromatic heterocycles. The summed E-state index contributed by atoms with van der Waals surface area (Å²) in [6, 6.07) is 0. The second-order valence-corrected chi connectivity index (χ2v) is 4.58. The molecule has 0 aliphatic carbocycles. The lowest BCUT2D eigenvalue weighted by atomic mass is 9.86. The highest BCUT2D eigenvalue weighted by atomic mass is 19.1. The summed E-state index contributed by atoms with van der Waals surface area (Å²) in [5, 5.41) is 0. The minimum Gasteiger partial charge on any atom is -0.377 e. The Bertz CT molecular complexity index is 197. The monoisotopic (exact) mass is 187 g/mol. The molecule has 0 aromatic carbocycles. The quantitative estimate of drug-likeness (QED) is 0.665. The Balaban J connectivity index is 1.89. The van der Waals surface area contributed by atoms with Gasteiger partial charge < -0.3 is 4.74 Å². The molecular formula is C10H18FNO. The first kappa shape index (κ1) is 9.41. The lowest BCUT2D eigenvalue weighted by Crippen LogP contribution is -2.58. The third-order valence-electron chi connectivity index (χ3n) is 3.22. The standard InChI is InChI=1S/C10H18FNO/c1-8(2)13-7-10-3-4-12(10)6-9(11)5-10/h8-9H,3-7H2,1-2H3/t9-,10?/m0/s1. The van der Waals surface area contributed by atoms with E-state index in [1.807, 2.05) is 13.8 Å². The predicted molar refractivity (Wildman–Crippen MR) is 49.5 cm³/mol. The van der Waals surface area contributed by atoms with Gasteiger partial charge in [0.1, 0.15) is 6.17 Å². The third-order valence-corrected chi connectivity index (χ3v) is 3.22. The van der Waals surface area contributed by atoms with Gasteiger partial charge in [-0.1, -0.05) is 0 Å². The van der Waals surface area contributed by atoms with E-state index in [1.165, 1.54) is 0 Å². The molecule has 2 saturated heterocycles. The molecule has 0 radical (unpaired) electrons. The Hall–Kier alpha value is -0.150. The van der Waals surface area contributed by atoms with Crippen LogP contribution < -0.4 is 0 Å². The Kier molecular flexibility index (Phi) is 2.32. The Labute approximate surface area is 79.1 Å². The van der Waals surface area contributed by atoms with E-state index in [4.69, 9.17) is 4.74 Å². The Morgan fingerprint density at radius 2 is 2.38 bits per heavy atom. The van der Waals surface area contributed by atoms with E-state index < -0.39 is 6.17 Å². The summed E-state index contributed by atoms with van der Waals surface area (Å²) in [6.07, 6.45) is 1.42. The second kappa shape index (κ2) is 3.21. The van der Waals surface area contributed by atoms with Crippen molar-refractivity contribution >= 4 is 0 Å². The first-order valence-electron chi connectivity index (χ1n) is 5.13. The summed E-state index contributed by atoms with van der Waals surface area (Å²) in [5.74, 6) is 0. The summed E-state index contributed by atoms with van der Waals surface area (Å²) >= 11 is 0. The number of alkyl halides is 1. The van der Waals surface area contributed by atoms with Crippen LogP contribution in [0.15, 0.2) is 0 Å². The lowest BCUT2D eigenvalue weighted by molar-refractivity contribution is -0.0648. The van der Waals surface area contributed by atoms with Gasteiger partial charge in [0.05, 0.1) is 12.7 Å². The van der Waals surface area contributed by atoms with Gasteiger partial charge in [0.15, 0.2) is 0 Å². The molecule has 0 bridgehead atoms. The van der Waals surface area contributed by atoms with Crippen LogP contribution >= 0.6 is 0 Å². The number of halogens is 1. The van der Waals surface area contributed by atoms with Gasteiger partial charge in [-0.15, -0.1) is 0 Å². The maximum atomic E-state index is 13.1. The minimum absolute atomic E-state index is 0.0731. The summed E-state index contributed by atoms with van der Waals surface area (Å²) in [6.45, 7) is 6.46. The zero-order chi connectivity index (χ0) is 9.47. The van der Waals surface area contributed by atoms with Crippen molar-refractivity contribution in [2.45, 2.75) is 44.5 Å². The van der Waals surface area contributed by atoms with Crippen LogP contribution in [0.25, 0.3) is 0 Å². The first-order valence-corrected chi connectivity index (χ1v) is 5.13. The first-order chi connectivity index (χ1) is 6.12. The number of nitrogens with zero attached hydrogens (tertiary/aromatic N) is 1. The number of rotatable bonds is 3. The van der Waals surface area contributed by atoms with Crippen molar-refractivity contribution in [3.63, 3.8) is 0 Å². The maximum Gasteiger partial charge on any atom is 0.115 e. The van der Waals surface area contributed by atoms with Crippen molar-refractivity contribution < 1.29 is 9.13 Å². The molecule has 2 nitrogen and oxygen atoms in total. The largest absolute Gasteiger partial charge is 0.377 e. The van der Waals surface area contributed by atoms with Crippen LogP contribution in [0.5, 0.6) is 0 Å². The maximum absolute atomic E-state index is 13.1. The summed E-state index contributed by atoms with van der Waals surface area (Å²) in [5.41, 5.74) is 0.0731. The molecule has 2 aliphatic heterocycles. The van der Waals surface area contributed by atoms with Gasteiger partial charge >= 0.3 is 0 Å². The minimum atomic E-state index is -0.627. The Morgan fingerprint density at radius 1 is 1.62 bits per heavy atom. The normalized spacial score (nSPS) is 39.2. The highest BCUT2D eigenvalue weighted by Crippen LogP contribution is 2.41. The fraction of sp³-hybridized carbons (Fsp3) is 1.00. The van der Waals surface area contributed by atoms with E-state index >= 15 is 0 Å².